The van der Waals surface area contributed by atoms with Crippen molar-refractivity contribution in [3.63, 3.8) is 0 Å². The Morgan fingerprint density at radius 1 is 1.33 bits per heavy atom. The second-order valence-corrected chi connectivity index (χ2v) is 3.13. The summed E-state index contributed by atoms with van der Waals surface area (Å²) in [5, 5.41) is 2.74. The molecule has 1 heterocycles. The number of hydrogen-bond donors (Lipinski definition) is 1. The molecule has 1 aromatic carbocycles. The van der Waals surface area contributed by atoms with E-state index in [1.54, 1.807) is 0 Å². The van der Waals surface area contributed by atoms with Crippen LogP contribution in [-0.4, -0.2) is 12.5 Å². The maximum Gasteiger partial charge on any atom is 0.225 e. The second kappa shape index (κ2) is 2.97. The predicted octanol–water partition coefficient (Wildman–Crippen LogP) is 0.975. The number of amides is 1. The molecular formula is C10H11NO. The van der Waals surface area contributed by atoms with Crippen LogP contribution in [0.25, 0.3) is 0 Å². The van der Waals surface area contributed by atoms with E-state index in [-0.39, 0.29) is 11.8 Å². The Bertz CT molecular complexity index is 281. The molecule has 1 N–H and O–H groups in total. The van der Waals surface area contributed by atoms with Gasteiger partial charge in [0.25, 0.3) is 0 Å². The standard InChI is InChI=1S/C10H11NO/c12-10-9(7-11-10)6-8-4-2-1-3-5-8/h1-5,9H,6-7H2,(H,11,12). The molecule has 1 amide bonds. The first-order valence-electron chi connectivity index (χ1n) is 4.18. The number of nitrogens with one attached hydrogen (secondary N) is 1. The Morgan fingerprint density at radius 3 is 2.58 bits per heavy atom. The number of hydrogen-bond acceptors (Lipinski definition) is 1. The Morgan fingerprint density at radius 2 is 2.08 bits per heavy atom. The van der Waals surface area contributed by atoms with Crippen molar-refractivity contribution >= 4 is 5.91 Å². The minimum Gasteiger partial charge on any atom is -0.355 e. The molecule has 2 heteroatoms. The molecule has 2 rings (SSSR count). The van der Waals surface area contributed by atoms with Crippen LogP contribution >= 0.6 is 0 Å². The van der Waals surface area contributed by atoms with Gasteiger partial charge in [-0.3, -0.25) is 4.79 Å². The lowest BCUT2D eigenvalue weighted by Crippen LogP contribution is -2.49. The van der Waals surface area contributed by atoms with Crippen molar-refractivity contribution < 1.29 is 4.79 Å². The van der Waals surface area contributed by atoms with E-state index in [9.17, 15) is 4.79 Å². The number of carbonyl (C=O) groups is 1. The lowest BCUT2D eigenvalue weighted by molar-refractivity contribution is -0.131. The first-order chi connectivity index (χ1) is 5.86. The zero-order valence-corrected chi connectivity index (χ0v) is 6.79. The molecule has 1 unspecified atom stereocenters. The molecular weight excluding hydrogens is 150 g/mol. The lowest BCUT2D eigenvalue weighted by Gasteiger charge is -2.25. The monoisotopic (exact) mass is 161 g/mol. The van der Waals surface area contributed by atoms with E-state index in [2.05, 4.69) is 17.4 Å². The number of carbonyl (C=O) groups excluding carboxylic acids is 1. The zero-order chi connectivity index (χ0) is 8.39. The summed E-state index contributed by atoms with van der Waals surface area (Å²) in [5.41, 5.74) is 1.25. The van der Waals surface area contributed by atoms with Gasteiger partial charge >= 0.3 is 0 Å². The topological polar surface area (TPSA) is 29.1 Å². The van der Waals surface area contributed by atoms with Crippen molar-refractivity contribution in [1.29, 1.82) is 0 Å². The van der Waals surface area contributed by atoms with Gasteiger partial charge in [-0.05, 0) is 12.0 Å². The fourth-order valence-electron chi connectivity index (χ4n) is 1.39. The highest BCUT2D eigenvalue weighted by Gasteiger charge is 2.26. The van der Waals surface area contributed by atoms with Crippen LogP contribution in [0, 0.1) is 5.92 Å². The van der Waals surface area contributed by atoms with Crippen molar-refractivity contribution in [3.05, 3.63) is 35.9 Å². The molecule has 2 nitrogen and oxygen atoms in total. The lowest BCUT2D eigenvalue weighted by atomic mass is 9.93. The molecule has 0 spiro atoms. The van der Waals surface area contributed by atoms with E-state index in [4.69, 9.17) is 0 Å². The number of benzene rings is 1. The van der Waals surface area contributed by atoms with E-state index in [1.165, 1.54) is 5.56 Å². The molecule has 62 valence electrons. The third kappa shape index (κ3) is 1.33. The minimum atomic E-state index is 0.193. The first-order valence-corrected chi connectivity index (χ1v) is 4.18. The summed E-state index contributed by atoms with van der Waals surface area (Å²) in [7, 11) is 0. The predicted molar refractivity (Wildman–Crippen MR) is 46.6 cm³/mol. The molecule has 1 aliphatic heterocycles. The molecule has 0 bridgehead atoms. The van der Waals surface area contributed by atoms with E-state index in [0.29, 0.717) is 0 Å². The van der Waals surface area contributed by atoms with Gasteiger partial charge in [-0.15, -0.1) is 0 Å². The van der Waals surface area contributed by atoms with Crippen LogP contribution in [0.5, 0.6) is 0 Å². The molecule has 0 aromatic heterocycles. The molecule has 1 saturated heterocycles. The fourth-order valence-corrected chi connectivity index (χ4v) is 1.39. The highest BCUT2D eigenvalue weighted by Crippen LogP contribution is 2.12. The Kier molecular flexibility index (Phi) is 1.82. The first kappa shape index (κ1) is 7.35. The van der Waals surface area contributed by atoms with Crippen LogP contribution in [-0.2, 0) is 11.2 Å². The molecule has 0 saturated carbocycles. The smallest absolute Gasteiger partial charge is 0.225 e. The summed E-state index contributed by atoms with van der Waals surface area (Å²) in [6, 6.07) is 10.1. The molecule has 1 aliphatic rings. The van der Waals surface area contributed by atoms with Gasteiger partial charge in [-0.1, -0.05) is 30.3 Å². The van der Waals surface area contributed by atoms with Crippen LogP contribution in [0.2, 0.25) is 0 Å². The quantitative estimate of drug-likeness (QED) is 0.643. The van der Waals surface area contributed by atoms with E-state index in [1.807, 2.05) is 18.2 Å². The van der Waals surface area contributed by atoms with Gasteiger partial charge in [-0.25, -0.2) is 0 Å². The van der Waals surface area contributed by atoms with E-state index in [0.717, 1.165) is 13.0 Å². The van der Waals surface area contributed by atoms with Crippen LogP contribution < -0.4 is 5.32 Å². The highest BCUT2D eigenvalue weighted by atomic mass is 16.2. The summed E-state index contributed by atoms with van der Waals surface area (Å²) in [4.78, 5) is 10.9. The van der Waals surface area contributed by atoms with Crippen molar-refractivity contribution in [2.75, 3.05) is 6.54 Å². The minimum absolute atomic E-state index is 0.193. The van der Waals surface area contributed by atoms with Gasteiger partial charge in [0.15, 0.2) is 0 Å². The molecule has 1 fully saturated rings. The van der Waals surface area contributed by atoms with Crippen molar-refractivity contribution in [2.24, 2.45) is 5.92 Å². The van der Waals surface area contributed by atoms with E-state index >= 15 is 0 Å². The van der Waals surface area contributed by atoms with Crippen molar-refractivity contribution in [2.45, 2.75) is 6.42 Å². The highest BCUT2D eigenvalue weighted by molar-refractivity contribution is 5.84. The normalized spacial score (nSPS) is 21.3. The third-order valence-corrected chi connectivity index (χ3v) is 2.22. The second-order valence-electron chi connectivity index (χ2n) is 3.13. The largest absolute Gasteiger partial charge is 0.355 e. The maximum atomic E-state index is 10.9. The van der Waals surface area contributed by atoms with Crippen LogP contribution in [0.15, 0.2) is 30.3 Å². The van der Waals surface area contributed by atoms with Gasteiger partial charge in [0.1, 0.15) is 0 Å². The molecule has 1 atom stereocenters. The molecule has 12 heavy (non-hydrogen) atoms. The third-order valence-electron chi connectivity index (χ3n) is 2.22. The Balaban J connectivity index is 2.00. The van der Waals surface area contributed by atoms with Gasteiger partial charge in [0.2, 0.25) is 5.91 Å². The number of rotatable bonds is 2. The van der Waals surface area contributed by atoms with Gasteiger partial charge in [0, 0.05) is 6.54 Å². The average Bonchev–Trinajstić information content (AvgIpc) is 2.14. The molecule has 0 radical (unpaired) electrons. The Labute approximate surface area is 71.6 Å². The van der Waals surface area contributed by atoms with Gasteiger partial charge in [0.05, 0.1) is 5.92 Å². The molecule has 1 aromatic rings. The van der Waals surface area contributed by atoms with E-state index < -0.39 is 0 Å². The maximum absolute atomic E-state index is 10.9. The fraction of sp³-hybridized carbons (Fsp3) is 0.300. The van der Waals surface area contributed by atoms with Gasteiger partial charge in [-0.2, -0.15) is 0 Å². The summed E-state index contributed by atoms with van der Waals surface area (Å²) in [6.07, 6.45) is 0.882. The zero-order valence-electron chi connectivity index (χ0n) is 6.79. The van der Waals surface area contributed by atoms with Crippen molar-refractivity contribution in [1.82, 2.24) is 5.32 Å². The SMILES string of the molecule is O=C1NCC1Cc1ccccc1. The summed E-state index contributed by atoms with van der Waals surface area (Å²) in [6.45, 7) is 0.841. The summed E-state index contributed by atoms with van der Waals surface area (Å²) >= 11 is 0. The summed E-state index contributed by atoms with van der Waals surface area (Å²) in [5.74, 6) is 0.409. The van der Waals surface area contributed by atoms with Crippen LogP contribution in [0.4, 0.5) is 0 Å². The molecule has 0 aliphatic carbocycles. The average molecular weight is 161 g/mol. The van der Waals surface area contributed by atoms with Crippen LogP contribution in [0.3, 0.4) is 0 Å². The van der Waals surface area contributed by atoms with Crippen molar-refractivity contribution in [3.8, 4) is 0 Å². The number of β-lactam (4-membered cyclic amide) rings is 1. The van der Waals surface area contributed by atoms with Crippen LogP contribution in [0.1, 0.15) is 5.56 Å². The summed E-state index contributed by atoms with van der Waals surface area (Å²) < 4.78 is 0. The Hall–Kier alpha value is -1.31. The van der Waals surface area contributed by atoms with Gasteiger partial charge < -0.3 is 5.32 Å².